The molecule has 0 aliphatic carbocycles. The van der Waals surface area contributed by atoms with Gasteiger partial charge in [-0.3, -0.25) is 87.3 Å². The van der Waals surface area contributed by atoms with E-state index in [-0.39, 0.29) is 72.7 Å². The number of phenolic OH excluding ortho intramolecular Hbond substituents is 2. The van der Waals surface area contributed by atoms with Crippen LogP contribution in [0.5, 0.6) is 11.5 Å². The Balaban J connectivity index is 0.00000716. The number of aromatic hydroxyl groups is 2. The number of hydrogen-bond donors (Lipinski definition) is 25. The average Bonchev–Trinajstić information content (AvgIpc) is 1.58. The number of phenols is 2. The molecule has 0 bridgehead atoms. The number of nitrogens with two attached hydrogens (primary N) is 1. The van der Waals surface area contributed by atoms with E-state index in [1.54, 1.807) is 0 Å². The van der Waals surface area contributed by atoms with Crippen LogP contribution in [0.25, 0.3) is 0 Å². The van der Waals surface area contributed by atoms with E-state index in [9.17, 15) is 97.1 Å². The van der Waals surface area contributed by atoms with Gasteiger partial charge < -0.3 is 78.5 Å². The van der Waals surface area contributed by atoms with E-state index in [4.69, 9.17) is 5.73 Å². The highest BCUT2D eigenvalue weighted by atomic mass is 33.1. The molecular formula is C61H89N15O20S10. The number of ketones is 4. The molecule has 3 aliphatic heterocycles. The zero-order chi connectivity index (χ0) is 79.7. The molecule has 5 rings (SSSR count). The third-order valence-electron chi connectivity index (χ3n) is 16.2. The lowest BCUT2D eigenvalue weighted by Gasteiger charge is -2.30. The highest BCUT2D eigenvalue weighted by Gasteiger charge is 2.43. The fourth-order valence-electron chi connectivity index (χ4n) is 10.5. The molecule has 0 saturated carbocycles. The Kier molecular flexibility index (Phi) is 42.7. The summed E-state index contributed by atoms with van der Waals surface area (Å²) >= 11 is 29.8. The van der Waals surface area contributed by atoms with Crippen LogP contribution in [0.3, 0.4) is 0 Å². The van der Waals surface area contributed by atoms with Crippen molar-refractivity contribution in [3.63, 3.8) is 0 Å². The highest BCUT2D eigenvalue weighted by molar-refractivity contribution is 8.76. The molecule has 106 heavy (non-hydrogen) atoms. The highest BCUT2D eigenvalue weighted by Crippen LogP contribution is 2.26. The Labute approximate surface area is 660 Å². The number of hydrogen-bond acceptors (Lipinski definition) is 33. The normalized spacial score (nSPS) is 26.7. The molecule has 3 heterocycles. The maximum Gasteiger partial charge on any atom is 0.303 e. The number of aliphatic carboxylic acids is 1. The monoisotopic (exact) mass is 1670 g/mol. The number of carboxylic acids is 1. The Morgan fingerprint density at radius 3 is 1.51 bits per heavy atom. The summed E-state index contributed by atoms with van der Waals surface area (Å²) in [6.45, 7) is 2.89. The van der Waals surface area contributed by atoms with Gasteiger partial charge in [-0.25, -0.2) is 10.9 Å². The number of thiol groups is 8. The van der Waals surface area contributed by atoms with E-state index in [1.165, 1.54) is 62.4 Å². The van der Waals surface area contributed by atoms with Gasteiger partial charge in [0.1, 0.15) is 65.9 Å². The summed E-state index contributed by atoms with van der Waals surface area (Å²) in [7, 11) is 1.93. The van der Waals surface area contributed by atoms with E-state index < -0.39 is 222 Å². The van der Waals surface area contributed by atoms with Gasteiger partial charge in [-0.05, 0) is 81.8 Å². The number of carbonyl (C=O) groups is 16. The molecule has 0 spiro atoms. The second-order valence-electron chi connectivity index (χ2n) is 23.9. The van der Waals surface area contributed by atoms with Gasteiger partial charge in [0.25, 0.3) is 0 Å². The van der Waals surface area contributed by atoms with Gasteiger partial charge in [-0.15, -0.1) is 46.6 Å². The number of benzene rings is 2. The molecule has 3 fully saturated rings. The number of carbonyl (C=O) groups excluding carboxylic acids is 15. The van der Waals surface area contributed by atoms with E-state index in [0.29, 0.717) is 5.56 Å². The second-order valence-corrected chi connectivity index (χ2v) is 27.8. The Morgan fingerprint density at radius 2 is 1.00 bits per heavy atom. The number of aliphatic hydroxyl groups is 1. The minimum Gasteiger partial charge on any atom is -0.508 e. The van der Waals surface area contributed by atoms with E-state index in [2.05, 4.69) is 161 Å². The van der Waals surface area contributed by atoms with Crippen molar-refractivity contribution in [2.24, 2.45) is 5.73 Å². The molecule has 0 radical (unpaired) electrons. The van der Waals surface area contributed by atoms with Gasteiger partial charge in [0, 0.05) is 48.2 Å². The maximum atomic E-state index is 14.6. The summed E-state index contributed by atoms with van der Waals surface area (Å²) in [6.07, 6.45) is -4.41. The first-order chi connectivity index (χ1) is 50.3. The van der Waals surface area contributed by atoms with E-state index in [1.807, 2.05) is 0 Å². The van der Waals surface area contributed by atoms with Crippen LogP contribution >= 0.6 is 119 Å². The van der Waals surface area contributed by atoms with Crippen LogP contribution in [-0.4, -0.2) is 263 Å². The van der Waals surface area contributed by atoms with Crippen molar-refractivity contribution < 1.29 is 97.1 Å². The fraction of sp³-hybridized carbons (Fsp3) is 0.541. The number of Topliss-reactive ketones (excluding diaryl/α,β-unsaturated/α-hetero) is 4. The zero-order valence-corrected chi connectivity index (χ0v) is 66.0. The Bertz CT molecular complexity index is 3420. The lowest BCUT2D eigenvalue weighted by atomic mass is 9.94. The van der Waals surface area contributed by atoms with Crippen LogP contribution < -0.4 is 69.8 Å². The summed E-state index contributed by atoms with van der Waals surface area (Å²) in [4.78, 5) is 223. The third-order valence-corrected chi connectivity index (χ3v) is 19.9. The molecule has 3 aliphatic rings. The minimum absolute atomic E-state index is 0.0192. The van der Waals surface area contributed by atoms with Crippen molar-refractivity contribution in [3.05, 3.63) is 59.7 Å². The number of rotatable bonds is 15. The number of primary amides is 1. The molecule has 45 heteroatoms. The predicted molar refractivity (Wildman–Crippen MR) is 418 cm³/mol. The number of hydrazine groups is 1. The van der Waals surface area contributed by atoms with Crippen LogP contribution in [0.15, 0.2) is 48.5 Å². The second kappa shape index (κ2) is 48.2. The van der Waals surface area contributed by atoms with Crippen molar-refractivity contribution in [1.82, 2.24) is 73.8 Å². The number of aliphatic hydroxyl groups excluding tert-OH is 1. The van der Waals surface area contributed by atoms with Crippen LogP contribution in [0.2, 0.25) is 0 Å². The number of amides is 11. The molecular weight excluding hydrogens is 1580 g/mol. The Hall–Kier alpha value is -6.34. The van der Waals surface area contributed by atoms with Crippen molar-refractivity contribution in [2.75, 3.05) is 54.4 Å². The number of carboxylic acid groups (broad SMARTS) is 1. The quantitative estimate of drug-likeness (QED) is 0.0453. The molecule has 35 nitrogen and oxygen atoms in total. The number of nitrogens with one attached hydrogen (secondary N) is 12. The summed E-state index contributed by atoms with van der Waals surface area (Å²) < 4.78 is 0. The smallest absolute Gasteiger partial charge is 0.303 e. The van der Waals surface area contributed by atoms with Crippen molar-refractivity contribution >= 4 is 213 Å². The number of fused-ring (bicyclic) bond motifs is 1. The molecule has 3 unspecified atom stereocenters. The van der Waals surface area contributed by atoms with Crippen LogP contribution in [0.1, 0.15) is 64.0 Å². The lowest BCUT2D eigenvalue weighted by molar-refractivity contribution is -0.143. The van der Waals surface area contributed by atoms with Crippen LogP contribution in [0.4, 0.5) is 0 Å². The first-order valence-electron chi connectivity index (χ1n) is 32.3. The lowest BCUT2D eigenvalue weighted by Crippen LogP contribution is -2.61. The van der Waals surface area contributed by atoms with Crippen molar-refractivity contribution in [1.29, 1.82) is 0 Å². The van der Waals surface area contributed by atoms with Gasteiger partial charge in [-0.2, -0.15) is 50.5 Å². The van der Waals surface area contributed by atoms with Gasteiger partial charge >= 0.3 is 5.97 Å². The Morgan fingerprint density at radius 1 is 0.538 bits per heavy atom. The standard InChI is InChI=1S/C61H85N15O20S6.2H2S2/c1-28-60(95)76(26-64-28)44-25-101-102-27-65-39(21-97)51(86)52(87)48(30(3)77)72-46(81)20-63-53(88)42(24-100)74-73-38(18-32-8-12-34(79)13-9-32)55(90)66-29(2)61(96)75-16-4-5-43(75)58(93)69-37(19-45(62)80)54(89)70-41(23-99)57(92)71-40(22-98)56(91)68-36(17-31-6-10-33(78)11-7-31)50(85)49(84)35(67-59(44)94)14-15-47(82)83;2*1-2/h6-13,28-30,35-44,48,64-65,73-74,77-79,97-100H,4-5,14-27H2,1-3H3,(H2,62,80)(H,63,88)(H,66,90)(H,67,94)(H,68,91)(H,69,93)(H,70,89)(H,71,92)(H,72,81)(H,82,83);2*1-2H/t28?,29?,30-,35+,36+,37+,38+,39+,40+,41+,42+,43+,44?,48+;;/m1../s1. The van der Waals surface area contributed by atoms with Crippen LogP contribution in [0, 0.1) is 0 Å². The maximum absolute atomic E-state index is 14.6. The van der Waals surface area contributed by atoms with Gasteiger partial charge in [0.15, 0.2) is 0 Å². The molecule has 2 aromatic carbocycles. The molecule has 18 N–H and O–H groups in total. The van der Waals surface area contributed by atoms with Gasteiger partial charge in [0.05, 0.1) is 55.8 Å². The summed E-state index contributed by atoms with van der Waals surface area (Å²) in [5, 5.41) is 65.3. The summed E-state index contributed by atoms with van der Waals surface area (Å²) in [5.41, 5.74) is 11.7. The largest absolute Gasteiger partial charge is 0.508 e. The predicted octanol–water partition coefficient (Wildman–Crippen LogP) is -4.67. The SMILES string of the molecule is CC1NCN(C2CSSCN[C@@H](CS)C(=O)C(=O)[C@H]([C@@H](C)O)NC(=O)CNC(=O)[C@H](CS)NN[C@@H](Cc3ccc(O)cc3)C(=O)NC(C)C(=O)N3CCC[C@H]3C(=O)N[C@@H](CC(N)=O)C(=O)N[C@@H](CS)C(=O)N[C@@H](CS)C(=O)N[C@@H](Cc3ccc(O)cc3)C(=O)C(=O)[C@H](CCC(=O)O)NC2=O)C1=O.SS.SS. The molecule has 0 aromatic heterocycles. The summed E-state index contributed by atoms with van der Waals surface area (Å²) in [6, 6.07) is -8.89. The van der Waals surface area contributed by atoms with Crippen molar-refractivity contribution in [2.45, 2.75) is 150 Å². The first-order valence-corrected chi connectivity index (χ1v) is 40.5. The van der Waals surface area contributed by atoms with Crippen molar-refractivity contribution in [3.8, 4) is 11.5 Å². The van der Waals surface area contributed by atoms with E-state index >= 15 is 0 Å². The fourth-order valence-corrected chi connectivity index (χ4v) is 13.6. The molecule has 588 valence electrons. The summed E-state index contributed by atoms with van der Waals surface area (Å²) in [5.74, 6) is -19.7. The average molecular weight is 1670 g/mol. The van der Waals surface area contributed by atoms with Gasteiger partial charge in [0.2, 0.25) is 88.1 Å². The topological polar surface area (TPSA) is 531 Å². The zero-order valence-electron chi connectivity index (χ0n) is 57.2. The van der Waals surface area contributed by atoms with E-state index in [0.717, 1.165) is 38.3 Å². The third kappa shape index (κ3) is 29.6. The minimum atomic E-state index is -1.93. The number of nitrogens with zero attached hydrogens (tertiary/aromatic N) is 2. The first kappa shape index (κ1) is 93.9. The molecule has 14 atom stereocenters. The van der Waals surface area contributed by atoms with Crippen LogP contribution in [-0.2, 0) is 89.6 Å². The molecule has 3 saturated heterocycles. The van der Waals surface area contributed by atoms with Gasteiger partial charge in [-0.1, -0.05) is 45.9 Å². The molecule has 2 aromatic rings. The molecule has 11 amide bonds.